The summed E-state index contributed by atoms with van der Waals surface area (Å²) in [6.07, 6.45) is 37.1. The monoisotopic (exact) mass is 759 g/mol. The number of rotatable bonds is 38. The fraction of sp³-hybridized carbons (Fsp3) is 0.857. The smallest absolute Gasteiger partial charge is 0.462 e. The van der Waals surface area contributed by atoms with E-state index in [9.17, 15) is 19.0 Å². The molecule has 9 nitrogen and oxygen atoms in total. The van der Waals surface area contributed by atoms with Crippen molar-refractivity contribution >= 4 is 19.8 Å². The van der Waals surface area contributed by atoms with Gasteiger partial charge in [-0.15, -0.1) is 0 Å². The van der Waals surface area contributed by atoms with Crippen molar-refractivity contribution in [1.29, 1.82) is 0 Å². The molecule has 0 spiro atoms. The summed E-state index contributed by atoms with van der Waals surface area (Å²) in [5, 5.41) is 0. The topological polar surface area (TPSA) is 108 Å². The number of phosphoric acid groups is 1. The van der Waals surface area contributed by atoms with E-state index in [0.29, 0.717) is 11.0 Å². The molecule has 1 unspecified atom stereocenters. The molecule has 0 aromatic carbocycles. The number of esters is 2. The summed E-state index contributed by atoms with van der Waals surface area (Å²) in [5.74, 6) is -1.05. The zero-order valence-corrected chi connectivity index (χ0v) is 35.2. The van der Waals surface area contributed by atoms with E-state index in [-0.39, 0.29) is 19.6 Å². The summed E-state index contributed by atoms with van der Waals surface area (Å²) in [4.78, 5) is 35.1. The molecule has 0 aromatic heterocycles. The molecule has 0 radical (unpaired) electrons. The number of allylic oxidation sites excluding steroid dienone is 3. The first-order valence-corrected chi connectivity index (χ1v) is 22.6. The van der Waals surface area contributed by atoms with E-state index in [1.54, 1.807) is 6.08 Å². The Kier molecular flexibility index (Phi) is 34.2. The quantitative estimate of drug-likeness (QED) is 0.0166. The predicted molar refractivity (Wildman–Crippen MR) is 215 cm³/mol. The summed E-state index contributed by atoms with van der Waals surface area (Å²) in [7, 11) is 1.43. The molecule has 0 saturated carbocycles. The molecule has 306 valence electrons. The molecule has 0 aliphatic heterocycles. The van der Waals surface area contributed by atoms with Gasteiger partial charge in [-0.2, -0.15) is 0 Å². The average Bonchev–Trinajstić information content (AvgIpc) is 3.09. The van der Waals surface area contributed by atoms with Gasteiger partial charge in [0, 0.05) is 12.5 Å². The number of unbranched alkanes of at least 4 members (excludes halogenated alkanes) is 23. The van der Waals surface area contributed by atoms with Crippen LogP contribution in [-0.2, 0) is 32.7 Å². The molecule has 0 aliphatic rings. The van der Waals surface area contributed by atoms with Gasteiger partial charge in [0.05, 0.1) is 27.7 Å². The highest BCUT2D eigenvalue weighted by atomic mass is 31.2. The van der Waals surface area contributed by atoms with Gasteiger partial charge in [0.2, 0.25) is 0 Å². The largest absolute Gasteiger partial charge is 0.472 e. The highest BCUT2D eigenvalue weighted by Crippen LogP contribution is 2.43. The highest BCUT2D eigenvalue weighted by Gasteiger charge is 2.26. The Labute approximate surface area is 319 Å². The summed E-state index contributed by atoms with van der Waals surface area (Å²) in [5.41, 5.74) is 0. The molecule has 0 fully saturated rings. The maximum atomic E-state index is 12.5. The van der Waals surface area contributed by atoms with Crippen LogP contribution in [0.3, 0.4) is 0 Å². The van der Waals surface area contributed by atoms with Gasteiger partial charge >= 0.3 is 19.8 Å². The van der Waals surface area contributed by atoms with Crippen LogP contribution < -0.4 is 0 Å². The lowest BCUT2D eigenvalue weighted by molar-refractivity contribution is -0.870. The van der Waals surface area contributed by atoms with E-state index >= 15 is 0 Å². The zero-order chi connectivity index (χ0) is 38.6. The van der Waals surface area contributed by atoms with E-state index in [1.807, 2.05) is 33.3 Å². The van der Waals surface area contributed by atoms with Crippen molar-refractivity contribution in [3.05, 3.63) is 24.3 Å². The van der Waals surface area contributed by atoms with Crippen LogP contribution in [0.1, 0.15) is 181 Å². The molecule has 0 rings (SSSR count). The number of ether oxygens (including phenoxy) is 2. The molecular formula is C42H81NO8P+. The fourth-order valence-electron chi connectivity index (χ4n) is 5.74. The highest BCUT2D eigenvalue weighted by molar-refractivity contribution is 7.47. The average molecular weight is 759 g/mol. The Hall–Kier alpha value is -1.51. The molecule has 0 heterocycles. The standard InChI is InChI=1S/C42H80NO8P/c1-6-8-10-12-14-16-18-20-21-23-25-27-29-31-33-35-42(45)51-40(39-50-52(46,47)49-37-36-43(3,4)5)38-48-41(44)34-32-30-28-26-24-22-19-17-15-13-11-9-7-2/h29,31,33,35,40H,6-28,30,32,34,36-39H2,1-5H3/p+1/b31-29+,35-33+/t40-/m1/s1. The van der Waals surface area contributed by atoms with Crippen LogP contribution in [0.4, 0.5) is 0 Å². The van der Waals surface area contributed by atoms with Crippen LogP contribution in [0.5, 0.6) is 0 Å². The van der Waals surface area contributed by atoms with Crippen LogP contribution in [0.25, 0.3) is 0 Å². The summed E-state index contributed by atoms with van der Waals surface area (Å²) < 4.78 is 34.0. The van der Waals surface area contributed by atoms with Crippen molar-refractivity contribution in [3.8, 4) is 0 Å². The van der Waals surface area contributed by atoms with Gasteiger partial charge < -0.3 is 18.9 Å². The molecular weight excluding hydrogens is 677 g/mol. The van der Waals surface area contributed by atoms with Crippen molar-refractivity contribution in [1.82, 2.24) is 0 Å². The maximum absolute atomic E-state index is 12.5. The molecule has 10 heteroatoms. The number of carbonyl (C=O) groups excluding carboxylic acids is 2. The number of carbonyl (C=O) groups is 2. The van der Waals surface area contributed by atoms with E-state index in [0.717, 1.165) is 32.1 Å². The Balaban J connectivity index is 4.48. The Morgan fingerprint density at radius 2 is 1.10 bits per heavy atom. The van der Waals surface area contributed by atoms with Gasteiger partial charge in [0.1, 0.15) is 19.8 Å². The van der Waals surface area contributed by atoms with E-state index in [4.69, 9.17) is 18.5 Å². The van der Waals surface area contributed by atoms with Crippen molar-refractivity contribution in [2.24, 2.45) is 0 Å². The van der Waals surface area contributed by atoms with E-state index < -0.39 is 32.5 Å². The number of hydrogen-bond donors (Lipinski definition) is 1. The number of nitrogens with zero attached hydrogens (tertiary/aromatic N) is 1. The van der Waals surface area contributed by atoms with Gasteiger partial charge in [-0.3, -0.25) is 13.8 Å². The molecule has 52 heavy (non-hydrogen) atoms. The lowest BCUT2D eigenvalue weighted by atomic mass is 10.0. The lowest BCUT2D eigenvalue weighted by Gasteiger charge is -2.24. The van der Waals surface area contributed by atoms with Gasteiger partial charge in [-0.05, 0) is 19.3 Å². The normalized spacial score (nSPS) is 13.9. The maximum Gasteiger partial charge on any atom is 0.472 e. The molecule has 1 N–H and O–H groups in total. The van der Waals surface area contributed by atoms with Crippen molar-refractivity contribution in [2.75, 3.05) is 47.5 Å². The van der Waals surface area contributed by atoms with Crippen LogP contribution >= 0.6 is 7.82 Å². The second-order valence-corrected chi connectivity index (χ2v) is 16.9. The molecule has 0 saturated heterocycles. The summed E-state index contributed by atoms with van der Waals surface area (Å²) in [6, 6.07) is 0. The van der Waals surface area contributed by atoms with Crippen LogP contribution in [0.2, 0.25) is 0 Å². The summed E-state index contributed by atoms with van der Waals surface area (Å²) >= 11 is 0. The van der Waals surface area contributed by atoms with Gasteiger partial charge in [-0.25, -0.2) is 9.36 Å². The van der Waals surface area contributed by atoms with Crippen molar-refractivity contribution in [2.45, 2.75) is 187 Å². The third-order valence-electron chi connectivity index (χ3n) is 9.09. The Morgan fingerprint density at radius 1 is 0.635 bits per heavy atom. The van der Waals surface area contributed by atoms with Gasteiger partial charge in [0.25, 0.3) is 0 Å². The number of hydrogen-bond acceptors (Lipinski definition) is 7. The SMILES string of the molecule is CCCCCCCCCCCCC/C=C/C=C/C(=O)O[C@H](COC(=O)CCCCCCCCCCCCCCC)COP(=O)(O)OCC[N+](C)(C)C. The zero-order valence-electron chi connectivity index (χ0n) is 34.3. The minimum atomic E-state index is -4.39. The van der Waals surface area contributed by atoms with Gasteiger partial charge in [0.15, 0.2) is 6.10 Å². The Morgan fingerprint density at radius 3 is 1.58 bits per heavy atom. The molecule has 2 atom stereocenters. The Bertz CT molecular complexity index is 949. The van der Waals surface area contributed by atoms with E-state index in [2.05, 4.69) is 13.8 Å². The van der Waals surface area contributed by atoms with E-state index in [1.165, 1.54) is 134 Å². The third-order valence-corrected chi connectivity index (χ3v) is 10.1. The minimum Gasteiger partial charge on any atom is -0.462 e. The molecule has 0 aliphatic carbocycles. The first-order valence-electron chi connectivity index (χ1n) is 21.1. The van der Waals surface area contributed by atoms with Crippen LogP contribution in [0, 0.1) is 0 Å². The third kappa shape index (κ3) is 38.2. The van der Waals surface area contributed by atoms with Gasteiger partial charge in [-0.1, -0.05) is 173 Å². The van der Waals surface area contributed by atoms with Crippen molar-refractivity contribution in [3.63, 3.8) is 0 Å². The van der Waals surface area contributed by atoms with Crippen LogP contribution in [0.15, 0.2) is 24.3 Å². The minimum absolute atomic E-state index is 0.0180. The lowest BCUT2D eigenvalue weighted by Crippen LogP contribution is -2.37. The predicted octanol–water partition coefficient (Wildman–Crippen LogP) is 11.6. The molecule has 0 bridgehead atoms. The fourth-order valence-corrected chi connectivity index (χ4v) is 6.49. The van der Waals surface area contributed by atoms with Crippen molar-refractivity contribution < 1.29 is 42.1 Å². The first kappa shape index (κ1) is 50.5. The first-order chi connectivity index (χ1) is 25.0. The number of likely N-dealkylation sites (N-methyl/N-ethyl adjacent to an activating group) is 1. The number of quaternary nitrogens is 1. The number of phosphoric ester groups is 1. The molecule has 0 aromatic rings. The second-order valence-electron chi connectivity index (χ2n) is 15.5. The molecule has 0 amide bonds. The summed E-state index contributed by atoms with van der Waals surface area (Å²) in [6.45, 7) is 4.30. The van der Waals surface area contributed by atoms with Crippen LogP contribution in [-0.4, -0.2) is 74.9 Å². The second kappa shape index (κ2) is 35.2.